The number of likely N-dealkylation sites (tertiary alicyclic amines) is 1. The maximum Gasteiger partial charge on any atom is 0.410 e. The van der Waals surface area contributed by atoms with E-state index in [-0.39, 0.29) is 19.8 Å². The van der Waals surface area contributed by atoms with Gasteiger partial charge < -0.3 is 24.4 Å². The van der Waals surface area contributed by atoms with Gasteiger partial charge in [-0.3, -0.25) is 4.90 Å². The lowest BCUT2D eigenvalue weighted by atomic mass is 9.93. The van der Waals surface area contributed by atoms with Crippen molar-refractivity contribution in [2.75, 3.05) is 13.2 Å². The molecule has 5 atom stereocenters. The molecule has 0 unspecified atom stereocenters. The summed E-state index contributed by atoms with van der Waals surface area (Å²) in [6.45, 7) is 0.258. The van der Waals surface area contributed by atoms with Gasteiger partial charge in [-0.1, -0.05) is 60.7 Å². The molecule has 0 spiro atoms. The van der Waals surface area contributed by atoms with Crippen LogP contribution in [0.1, 0.15) is 17.4 Å². The van der Waals surface area contributed by atoms with E-state index in [4.69, 9.17) is 14.2 Å². The number of hydrogen-bond donors (Lipinski definition) is 2. The second kappa shape index (κ2) is 8.28. The molecule has 28 heavy (non-hydrogen) atoms. The maximum atomic E-state index is 12.6. The fourth-order valence-corrected chi connectivity index (χ4v) is 3.59. The Labute approximate surface area is 163 Å². The molecule has 2 aromatic carbocycles. The highest BCUT2D eigenvalue weighted by atomic mass is 16.7. The summed E-state index contributed by atoms with van der Waals surface area (Å²) in [4.78, 5) is 14.0. The first kappa shape index (κ1) is 18.9. The van der Waals surface area contributed by atoms with Crippen molar-refractivity contribution < 1.29 is 29.2 Å². The first-order chi connectivity index (χ1) is 13.6. The van der Waals surface area contributed by atoms with Crippen LogP contribution in [0, 0.1) is 0 Å². The number of piperidine rings is 1. The minimum atomic E-state index is -1.12. The third-order valence-corrected chi connectivity index (χ3v) is 5.10. The summed E-state index contributed by atoms with van der Waals surface area (Å²) in [5.74, 6) is 0. The van der Waals surface area contributed by atoms with Crippen LogP contribution < -0.4 is 0 Å². The van der Waals surface area contributed by atoms with Gasteiger partial charge in [0.2, 0.25) is 0 Å². The van der Waals surface area contributed by atoms with E-state index in [0.29, 0.717) is 0 Å². The number of β-amino-alcohol motifs (C(OH)–C–C–N with tert-alkyl or cyclic N) is 1. The molecule has 2 aromatic rings. The number of fused-ring (bicyclic) bond motifs is 1. The highest BCUT2D eigenvalue weighted by Crippen LogP contribution is 2.33. The smallest absolute Gasteiger partial charge is 0.410 e. The van der Waals surface area contributed by atoms with E-state index < -0.39 is 36.7 Å². The van der Waals surface area contributed by atoms with Crippen LogP contribution in [-0.4, -0.2) is 58.7 Å². The molecule has 7 heteroatoms. The van der Waals surface area contributed by atoms with Crippen molar-refractivity contribution in [1.82, 2.24) is 4.90 Å². The minimum Gasteiger partial charge on any atom is -0.445 e. The summed E-state index contributed by atoms with van der Waals surface area (Å²) in [5.41, 5.74) is 1.68. The summed E-state index contributed by atoms with van der Waals surface area (Å²) < 4.78 is 17.1. The van der Waals surface area contributed by atoms with Gasteiger partial charge in [-0.2, -0.15) is 0 Å². The van der Waals surface area contributed by atoms with Crippen LogP contribution >= 0.6 is 0 Å². The largest absolute Gasteiger partial charge is 0.445 e. The van der Waals surface area contributed by atoms with Gasteiger partial charge in [0.1, 0.15) is 24.9 Å². The second-order valence-electron chi connectivity index (χ2n) is 6.99. The number of carbonyl (C=O) groups is 1. The van der Waals surface area contributed by atoms with Crippen LogP contribution in [0.3, 0.4) is 0 Å². The number of amides is 1. The molecule has 7 nitrogen and oxygen atoms in total. The average Bonchev–Trinajstić information content (AvgIpc) is 2.75. The van der Waals surface area contributed by atoms with Crippen LogP contribution in [0.2, 0.25) is 0 Å². The topological polar surface area (TPSA) is 88.5 Å². The Morgan fingerprint density at radius 2 is 1.75 bits per heavy atom. The fourth-order valence-electron chi connectivity index (χ4n) is 3.59. The molecule has 148 valence electrons. The second-order valence-corrected chi connectivity index (χ2v) is 6.99. The molecule has 0 aliphatic carbocycles. The lowest BCUT2D eigenvalue weighted by Crippen LogP contribution is -2.66. The molecule has 2 N–H and O–H groups in total. The first-order valence-electron chi connectivity index (χ1n) is 9.29. The van der Waals surface area contributed by atoms with Gasteiger partial charge in [0, 0.05) is 5.56 Å². The molecule has 2 aliphatic rings. The van der Waals surface area contributed by atoms with Crippen molar-refractivity contribution in [3.63, 3.8) is 0 Å². The normalized spacial score (nSPS) is 29.8. The van der Waals surface area contributed by atoms with Gasteiger partial charge >= 0.3 is 6.09 Å². The Morgan fingerprint density at radius 1 is 1.07 bits per heavy atom. The molecule has 0 bridgehead atoms. The van der Waals surface area contributed by atoms with E-state index in [1.807, 2.05) is 60.7 Å². The SMILES string of the molecule is O=C(OCc1ccccc1)N1C[C@@H](O)[C@@H](O)[C@@H]2O[C@@H](c3ccccc3)OC[C@H]21. The monoisotopic (exact) mass is 385 g/mol. The van der Waals surface area contributed by atoms with E-state index in [9.17, 15) is 15.0 Å². The molecule has 2 heterocycles. The van der Waals surface area contributed by atoms with Crippen molar-refractivity contribution in [2.45, 2.75) is 37.3 Å². The van der Waals surface area contributed by atoms with E-state index in [0.717, 1.165) is 11.1 Å². The van der Waals surface area contributed by atoms with Crippen LogP contribution in [0.4, 0.5) is 4.79 Å². The number of hydrogen-bond acceptors (Lipinski definition) is 6. The first-order valence-corrected chi connectivity index (χ1v) is 9.29. The molecule has 2 fully saturated rings. The number of rotatable bonds is 3. The van der Waals surface area contributed by atoms with Gasteiger partial charge in [-0.15, -0.1) is 0 Å². The highest BCUT2D eigenvalue weighted by molar-refractivity contribution is 5.68. The summed E-state index contributed by atoms with van der Waals surface area (Å²) in [6.07, 6.45) is -4.25. The molecule has 1 amide bonds. The Hall–Kier alpha value is -2.45. The molecular weight excluding hydrogens is 362 g/mol. The fraction of sp³-hybridized carbons (Fsp3) is 0.381. The molecule has 0 aromatic heterocycles. The van der Waals surface area contributed by atoms with Gasteiger partial charge in [0.15, 0.2) is 6.29 Å². The summed E-state index contributed by atoms with van der Waals surface area (Å²) in [6, 6.07) is 18.2. The zero-order valence-corrected chi connectivity index (χ0v) is 15.3. The highest BCUT2D eigenvalue weighted by Gasteiger charge is 2.49. The summed E-state index contributed by atoms with van der Waals surface area (Å²) >= 11 is 0. The predicted octanol–water partition coefficient (Wildman–Crippen LogP) is 1.84. The number of ether oxygens (including phenoxy) is 3. The summed E-state index contributed by atoms with van der Waals surface area (Å²) in [5, 5.41) is 20.7. The van der Waals surface area contributed by atoms with E-state index in [1.54, 1.807) is 0 Å². The van der Waals surface area contributed by atoms with Gasteiger partial charge in [-0.25, -0.2) is 4.79 Å². The molecular formula is C21H23NO6. The van der Waals surface area contributed by atoms with Crippen molar-refractivity contribution >= 4 is 6.09 Å². The Morgan fingerprint density at radius 3 is 2.46 bits per heavy atom. The Kier molecular flexibility index (Phi) is 5.59. The quantitative estimate of drug-likeness (QED) is 0.838. The number of carbonyl (C=O) groups excluding carboxylic acids is 1. The third-order valence-electron chi connectivity index (χ3n) is 5.10. The van der Waals surface area contributed by atoms with Crippen molar-refractivity contribution in [2.24, 2.45) is 0 Å². The molecule has 2 saturated heterocycles. The Bertz CT molecular complexity index is 786. The van der Waals surface area contributed by atoms with Crippen molar-refractivity contribution in [3.8, 4) is 0 Å². The third kappa shape index (κ3) is 3.88. The number of aliphatic hydroxyl groups is 2. The molecule has 2 aliphatic heterocycles. The lowest BCUT2D eigenvalue weighted by Gasteiger charge is -2.48. The molecule has 0 radical (unpaired) electrons. The zero-order valence-electron chi connectivity index (χ0n) is 15.3. The predicted molar refractivity (Wildman–Crippen MR) is 99.1 cm³/mol. The van der Waals surface area contributed by atoms with E-state index in [2.05, 4.69) is 0 Å². The maximum absolute atomic E-state index is 12.6. The molecule has 0 saturated carbocycles. The van der Waals surface area contributed by atoms with Gasteiger partial charge in [0.25, 0.3) is 0 Å². The van der Waals surface area contributed by atoms with Gasteiger partial charge in [-0.05, 0) is 5.56 Å². The summed E-state index contributed by atoms with van der Waals surface area (Å²) in [7, 11) is 0. The van der Waals surface area contributed by atoms with Crippen LogP contribution in [0.15, 0.2) is 60.7 Å². The minimum absolute atomic E-state index is 0.0430. The zero-order chi connectivity index (χ0) is 19.5. The molecule has 4 rings (SSSR count). The lowest BCUT2D eigenvalue weighted by molar-refractivity contribution is -0.283. The number of aliphatic hydroxyl groups excluding tert-OH is 2. The Balaban J connectivity index is 1.45. The standard InChI is InChI=1S/C21H23NO6/c23-17-11-22(21(25)27-12-14-7-3-1-4-8-14)16-13-26-20(28-19(16)18(17)24)15-9-5-2-6-10-15/h1-10,16-20,23-24H,11-13H2/t16-,17-,18-,19-,20+/m1/s1. The van der Waals surface area contributed by atoms with Crippen molar-refractivity contribution in [1.29, 1.82) is 0 Å². The van der Waals surface area contributed by atoms with Crippen molar-refractivity contribution in [3.05, 3.63) is 71.8 Å². The van der Waals surface area contributed by atoms with Gasteiger partial charge in [0.05, 0.1) is 19.2 Å². The number of nitrogens with zero attached hydrogens (tertiary/aromatic N) is 1. The number of benzene rings is 2. The van der Waals surface area contributed by atoms with Crippen LogP contribution in [0.5, 0.6) is 0 Å². The van der Waals surface area contributed by atoms with E-state index >= 15 is 0 Å². The van der Waals surface area contributed by atoms with E-state index in [1.165, 1.54) is 4.90 Å². The average molecular weight is 385 g/mol. The van der Waals surface area contributed by atoms with Crippen LogP contribution in [-0.2, 0) is 20.8 Å². The van der Waals surface area contributed by atoms with Crippen LogP contribution in [0.25, 0.3) is 0 Å².